The fraction of sp³-hybridized carbons (Fsp3) is 0.600. The highest BCUT2D eigenvalue weighted by Crippen LogP contribution is 2.25. The lowest BCUT2D eigenvalue weighted by Gasteiger charge is -2.32. The van der Waals surface area contributed by atoms with Crippen LogP contribution in [0.1, 0.15) is 31.2 Å². The van der Waals surface area contributed by atoms with E-state index in [1.165, 1.54) is 31.2 Å². The van der Waals surface area contributed by atoms with Gasteiger partial charge in [0.15, 0.2) is 0 Å². The first-order valence-electron chi connectivity index (χ1n) is 6.55. The van der Waals surface area contributed by atoms with E-state index in [0.717, 1.165) is 11.8 Å². The minimum Gasteiger partial charge on any atom is -0.490 e. The normalized spacial score (nSPS) is 24.9. The lowest BCUT2D eigenvalue weighted by molar-refractivity contribution is 0.111. The molecule has 0 amide bonds. The fourth-order valence-corrected chi connectivity index (χ4v) is 2.49. The number of hydrogen-bond donors (Lipinski definition) is 0. The summed E-state index contributed by atoms with van der Waals surface area (Å²) in [5.41, 5.74) is 1.29. The van der Waals surface area contributed by atoms with Crippen LogP contribution < -0.4 is 4.74 Å². The Morgan fingerprint density at radius 2 is 1.59 bits per heavy atom. The minimum absolute atomic E-state index is 0.411. The van der Waals surface area contributed by atoms with Crippen LogP contribution >= 0.6 is 0 Å². The Kier molecular flexibility index (Phi) is 4.06. The molecule has 1 aromatic carbocycles. The van der Waals surface area contributed by atoms with Crippen LogP contribution in [0.3, 0.4) is 0 Å². The number of benzene rings is 1. The molecule has 2 heteroatoms. The van der Waals surface area contributed by atoms with Crippen LogP contribution in [0.4, 0.5) is 0 Å². The zero-order valence-electron chi connectivity index (χ0n) is 11.1. The molecule has 0 aromatic heterocycles. The monoisotopic (exact) mass is 233 g/mol. The number of nitrogens with zero attached hydrogens (tertiary/aromatic N) is 1. The zero-order valence-corrected chi connectivity index (χ0v) is 11.1. The Labute approximate surface area is 105 Å². The van der Waals surface area contributed by atoms with E-state index in [9.17, 15) is 0 Å². The number of aryl methyl sites for hydroxylation is 1. The summed E-state index contributed by atoms with van der Waals surface area (Å²) in [6.45, 7) is 2.10. The van der Waals surface area contributed by atoms with Crippen LogP contribution in [0.25, 0.3) is 0 Å². The summed E-state index contributed by atoms with van der Waals surface area (Å²) >= 11 is 0. The Morgan fingerprint density at radius 1 is 1.00 bits per heavy atom. The summed E-state index contributed by atoms with van der Waals surface area (Å²) in [4.78, 5) is 2.34. The van der Waals surface area contributed by atoms with Crippen molar-refractivity contribution in [1.82, 2.24) is 4.90 Å². The molecule has 1 aromatic rings. The van der Waals surface area contributed by atoms with Gasteiger partial charge >= 0.3 is 0 Å². The molecule has 1 saturated carbocycles. The van der Waals surface area contributed by atoms with E-state index in [-0.39, 0.29) is 0 Å². The second kappa shape index (κ2) is 5.54. The molecular weight excluding hydrogens is 210 g/mol. The van der Waals surface area contributed by atoms with Gasteiger partial charge in [-0.1, -0.05) is 17.7 Å². The van der Waals surface area contributed by atoms with Gasteiger partial charge in [0.25, 0.3) is 0 Å². The average Bonchev–Trinajstić information content (AvgIpc) is 2.33. The molecule has 0 unspecified atom stereocenters. The van der Waals surface area contributed by atoms with E-state index >= 15 is 0 Å². The largest absolute Gasteiger partial charge is 0.490 e. The highest BCUT2D eigenvalue weighted by Gasteiger charge is 2.23. The molecule has 1 fully saturated rings. The molecular formula is C15H23NO. The first-order chi connectivity index (χ1) is 8.15. The first-order valence-corrected chi connectivity index (χ1v) is 6.55. The second-order valence-electron chi connectivity index (χ2n) is 5.33. The molecule has 0 heterocycles. The van der Waals surface area contributed by atoms with Crippen molar-refractivity contribution in [3.05, 3.63) is 29.8 Å². The van der Waals surface area contributed by atoms with Gasteiger partial charge in [0.2, 0.25) is 0 Å². The van der Waals surface area contributed by atoms with Gasteiger partial charge in [-0.05, 0) is 58.8 Å². The van der Waals surface area contributed by atoms with Crippen LogP contribution in [-0.4, -0.2) is 31.1 Å². The summed E-state index contributed by atoms with van der Waals surface area (Å²) in [6.07, 6.45) is 5.27. The predicted molar refractivity (Wildman–Crippen MR) is 71.5 cm³/mol. The summed E-state index contributed by atoms with van der Waals surface area (Å²) in [5, 5.41) is 0. The van der Waals surface area contributed by atoms with E-state index in [0.29, 0.717) is 6.10 Å². The van der Waals surface area contributed by atoms with Crippen molar-refractivity contribution in [2.24, 2.45) is 0 Å². The molecule has 0 saturated heterocycles. The molecule has 2 nitrogen and oxygen atoms in total. The molecule has 0 radical (unpaired) electrons. The summed E-state index contributed by atoms with van der Waals surface area (Å²) in [5.74, 6) is 1.02. The summed E-state index contributed by atoms with van der Waals surface area (Å²) in [6, 6.07) is 9.12. The molecule has 0 atom stereocenters. The van der Waals surface area contributed by atoms with Crippen molar-refractivity contribution in [3.8, 4) is 5.75 Å². The first kappa shape index (κ1) is 12.4. The Bertz CT molecular complexity index is 336. The molecule has 0 N–H and O–H groups in total. The van der Waals surface area contributed by atoms with Gasteiger partial charge in [0, 0.05) is 6.04 Å². The predicted octanol–water partition coefficient (Wildman–Crippen LogP) is 3.25. The Balaban J connectivity index is 1.84. The maximum Gasteiger partial charge on any atom is 0.119 e. The zero-order chi connectivity index (χ0) is 12.3. The minimum atomic E-state index is 0.411. The van der Waals surface area contributed by atoms with Crippen molar-refractivity contribution in [2.75, 3.05) is 14.1 Å². The highest BCUT2D eigenvalue weighted by atomic mass is 16.5. The Morgan fingerprint density at radius 3 is 2.12 bits per heavy atom. The van der Waals surface area contributed by atoms with Gasteiger partial charge in [0.05, 0.1) is 6.10 Å². The summed E-state index contributed by atoms with van der Waals surface area (Å²) < 4.78 is 6.02. The third kappa shape index (κ3) is 3.47. The van der Waals surface area contributed by atoms with E-state index in [1.54, 1.807) is 0 Å². The fourth-order valence-electron chi connectivity index (χ4n) is 2.49. The van der Waals surface area contributed by atoms with Crippen molar-refractivity contribution in [2.45, 2.75) is 44.8 Å². The van der Waals surface area contributed by atoms with Gasteiger partial charge in [-0.25, -0.2) is 0 Å². The average molecular weight is 233 g/mol. The van der Waals surface area contributed by atoms with Crippen LogP contribution in [0.15, 0.2) is 24.3 Å². The molecule has 0 bridgehead atoms. The van der Waals surface area contributed by atoms with E-state index in [2.05, 4.69) is 50.2 Å². The van der Waals surface area contributed by atoms with Crippen molar-refractivity contribution in [3.63, 3.8) is 0 Å². The molecule has 1 aliphatic carbocycles. The number of ether oxygens (including phenoxy) is 1. The molecule has 94 valence electrons. The smallest absolute Gasteiger partial charge is 0.119 e. The number of hydrogen-bond acceptors (Lipinski definition) is 2. The quantitative estimate of drug-likeness (QED) is 0.794. The van der Waals surface area contributed by atoms with Gasteiger partial charge in [-0.2, -0.15) is 0 Å². The Hall–Kier alpha value is -1.02. The van der Waals surface area contributed by atoms with E-state index < -0.39 is 0 Å². The van der Waals surface area contributed by atoms with E-state index in [4.69, 9.17) is 4.74 Å². The van der Waals surface area contributed by atoms with Gasteiger partial charge < -0.3 is 9.64 Å². The van der Waals surface area contributed by atoms with Gasteiger partial charge in [0.1, 0.15) is 5.75 Å². The third-order valence-corrected chi connectivity index (χ3v) is 3.70. The van der Waals surface area contributed by atoms with Crippen LogP contribution in [0.2, 0.25) is 0 Å². The molecule has 0 aliphatic heterocycles. The third-order valence-electron chi connectivity index (χ3n) is 3.70. The maximum atomic E-state index is 6.02. The highest BCUT2D eigenvalue weighted by molar-refractivity contribution is 5.26. The molecule has 0 spiro atoms. The number of rotatable bonds is 3. The SMILES string of the molecule is Cc1ccc(OC2CCC(N(C)C)CC2)cc1. The van der Waals surface area contributed by atoms with Gasteiger partial charge in [-0.15, -0.1) is 0 Å². The molecule has 2 rings (SSSR count). The molecule has 17 heavy (non-hydrogen) atoms. The topological polar surface area (TPSA) is 12.5 Å². The van der Waals surface area contributed by atoms with Crippen molar-refractivity contribution < 1.29 is 4.74 Å². The van der Waals surface area contributed by atoms with Crippen molar-refractivity contribution >= 4 is 0 Å². The lowest BCUT2D eigenvalue weighted by atomic mass is 9.92. The molecule has 1 aliphatic rings. The maximum absolute atomic E-state index is 6.02. The summed E-state index contributed by atoms with van der Waals surface area (Å²) in [7, 11) is 4.34. The van der Waals surface area contributed by atoms with Crippen LogP contribution in [0.5, 0.6) is 5.75 Å². The standard InChI is InChI=1S/C15H23NO/c1-12-4-8-14(9-5-12)17-15-10-6-13(7-11-15)16(2)3/h4-5,8-9,13,15H,6-7,10-11H2,1-3H3. The van der Waals surface area contributed by atoms with Crippen molar-refractivity contribution in [1.29, 1.82) is 0 Å². The second-order valence-corrected chi connectivity index (χ2v) is 5.33. The van der Waals surface area contributed by atoms with Gasteiger partial charge in [-0.3, -0.25) is 0 Å². The van der Waals surface area contributed by atoms with Crippen LogP contribution in [0, 0.1) is 6.92 Å². The van der Waals surface area contributed by atoms with E-state index in [1.807, 2.05) is 0 Å². The van der Waals surface area contributed by atoms with Crippen LogP contribution in [-0.2, 0) is 0 Å². The lowest BCUT2D eigenvalue weighted by Crippen LogP contribution is -2.35.